The quantitative estimate of drug-likeness (QED) is 0.443. The van der Waals surface area contributed by atoms with Crippen LogP contribution in [0.25, 0.3) is 0 Å². The van der Waals surface area contributed by atoms with Crippen molar-refractivity contribution in [3.8, 4) is 0 Å². The van der Waals surface area contributed by atoms with Crippen molar-refractivity contribution in [2.75, 3.05) is 20.2 Å². The van der Waals surface area contributed by atoms with E-state index in [1.165, 1.54) is 44.1 Å². The minimum absolute atomic E-state index is 0.0667. The van der Waals surface area contributed by atoms with Crippen LogP contribution in [0.4, 0.5) is 0 Å². The normalized spacial score (nSPS) is 49.4. The van der Waals surface area contributed by atoms with Crippen molar-refractivity contribution < 1.29 is 4.74 Å². The molecular weight excluding hydrogens is 398 g/mol. The zero-order chi connectivity index (χ0) is 22.5. The maximum atomic E-state index is 11.3. The molecule has 1 saturated heterocycles. The van der Waals surface area contributed by atoms with Gasteiger partial charge >= 0.3 is 0 Å². The lowest BCUT2D eigenvalue weighted by Crippen LogP contribution is -2.67. The molecule has 9 atom stereocenters. The predicted molar refractivity (Wildman–Crippen MR) is 129 cm³/mol. The van der Waals surface area contributed by atoms with E-state index >= 15 is 0 Å². The van der Waals surface area contributed by atoms with Crippen molar-refractivity contribution in [2.24, 2.45) is 40.2 Å². The minimum atomic E-state index is -0.0772. The monoisotopic (exact) mass is 443 g/mol. The Morgan fingerprint density at radius 2 is 2.00 bits per heavy atom. The van der Waals surface area contributed by atoms with Crippen LogP contribution in [0.3, 0.4) is 0 Å². The molecule has 3 saturated carbocycles. The molecule has 180 valence electrons. The highest BCUT2D eigenvalue weighted by Crippen LogP contribution is 2.64. The smallest absolute Gasteiger partial charge is 0.0954 e. The van der Waals surface area contributed by atoms with Crippen LogP contribution < -0.4 is 10.6 Å². The fourth-order valence-electron chi connectivity index (χ4n) is 8.78. The Labute approximate surface area is 194 Å². The number of piperidine rings is 1. The van der Waals surface area contributed by atoms with Gasteiger partial charge in [0.15, 0.2) is 0 Å². The minimum Gasteiger partial charge on any atom is -0.371 e. The van der Waals surface area contributed by atoms with Gasteiger partial charge in [-0.3, -0.25) is 5.32 Å². The average molecular weight is 444 g/mol. The summed E-state index contributed by atoms with van der Waals surface area (Å²) in [6.07, 6.45) is 12.2. The summed E-state index contributed by atoms with van der Waals surface area (Å²) >= 11 is 0. The molecule has 0 radical (unpaired) electrons. The lowest BCUT2D eigenvalue weighted by Gasteiger charge is -2.53. The Morgan fingerprint density at radius 3 is 2.78 bits per heavy atom. The molecule has 5 rings (SSSR count). The van der Waals surface area contributed by atoms with Gasteiger partial charge in [-0.15, -0.1) is 0 Å². The Kier molecular flexibility index (Phi) is 6.30. The number of ether oxygens (including phenoxy) is 1. The Bertz CT molecular complexity index is 753. The molecule has 5 aliphatic rings. The van der Waals surface area contributed by atoms with E-state index in [0.717, 1.165) is 56.6 Å². The van der Waals surface area contributed by atoms with Crippen LogP contribution in [-0.2, 0) is 4.74 Å². The first-order valence-corrected chi connectivity index (χ1v) is 13.5. The van der Waals surface area contributed by atoms with Gasteiger partial charge < -0.3 is 10.1 Å². The van der Waals surface area contributed by atoms with E-state index in [4.69, 9.17) is 4.74 Å². The number of nitrogens with one attached hydrogen (secondary N) is 2. The van der Waals surface area contributed by atoms with E-state index in [0.29, 0.717) is 17.3 Å². The molecule has 0 aromatic rings. The van der Waals surface area contributed by atoms with E-state index in [1.807, 2.05) is 0 Å². The van der Waals surface area contributed by atoms with Gasteiger partial charge in [0.1, 0.15) is 0 Å². The second kappa shape index (κ2) is 8.78. The highest BCUT2D eigenvalue weighted by Gasteiger charge is 2.56. The Balaban J connectivity index is 1.40. The maximum absolute atomic E-state index is 11.3. The van der Waals surface area contributed by atoms with Gasteiger partial charge in [-0.1, -0.05) is 24.6 Å². The van der Waals surface area contributed by atoms with Gasteiger partial charge in [-0.2, -0.15) is 4.91 Å². The predicted octanol–water partition coefficient (Wildman–Crippen LogP) is 5.40. The number of hydrogen-bond donors (Lipinski definition) is 2. The van der Waals surface area contributed by atoms with Crippen LogP contribution >= 0.6 is 0 Å². The van der Waals surface area contributed by atoms with E-state index in [9.17, 15) is 4.91 Å². The average Bonchev–Trinajstić information content (AvgIpc) is 3.18. The number of nitroso groups, excluding NO2 is 1. The van der Waals surface area contributed by atoms with Crippen molar-refractivity contribution in [1.29, 1.82) is 0 Å². The Hall–Kier alpha value is -0.780. The number of rotatable bonds is 2. The van der Waals surface area contributed by atoms with Gasteiger partial charge in [-0.25, -0.2) is 0 Å². The molecule has 9 unspecified atom stereocenters. The van der Waals surface area contributed by atoms with Crippen molar-refractivity contribution in [1.82, 2.24) is 10.6 Å². The number of likely N-dealkylation sites (N-methyl/N-ethyl adjacent to an activating group) is 1. The number of allylic oxidation sites excluding steroid dienone is 1. The van der Waals surface area contributed by atoms with Crippen LogP contribution in [0.2, 0.25) is 0 Å². The summed E-state index contributed by atoms with van der Waals surface area (Å²) in [4.78, 5) is 11.3. The molecule has 2 aliphatic heterocycles. The van der Waals surface area contributed by atoms with Crippen molar-refractivity contribution in [3.63, 3.8) is 0 Å². The summed E-state index contributed by atoms with van der Waals surface area (Å²) in [6.45, 7) is 9.12. The molecule has 0 aromatic carbocycles. The molecule has 0 spiro atoms. The highest BCUT2D eigenvalue weighted by atomic mass is 16.5. The fourth-order valence-corrected chi connectivity index (χ4v) is 8.78. The third kappa shape index (κ3) is 3.71. The van der Waals surface area contributed by atoms with Crippen LogP contribution in [0.5, 0.6) is 0 Å². The van der Waals surface area contributed by atoms with Crippen LogP contribution in [0.15, 0.2) is 16.3 Å². The summed E-state index contributed by atoms with van der Waals surface area (Å²) in [5.41, 5.74) is 3.57. The molecule has 4 fully saturated rings. The zero-order valence-electron chi connectivity index (χ0n) is 20.8. The van der Waals surface area contributed by atoms with Crippen LogP contribution in [0.1, 0.15) is 85.0 Å². The lowest BCUT2D eigenvalue weighted by molar-refractivity contribution is -0.0579. The first-order chi connectivity index (χ1) is 15.4. The molecule has 0 bridgehead atoms. The molecule has 0 amide bonds. The van der Waals surface area contributed by atoms with Gasteiger partial charge in [0.25, 0.3) is 0 Å². The van der Waals surface area contributed by atoms with E-state index < -0.39 is 0 Å². The number of nitrogens with zero attached hydrogens (tertiary/aromatic N) is 1. The highest BCUT2D eigenvalue weighted by molar-refractivity contribution is 5.26. The maximum Gasteiger partial charge on any atom is 0.0954 e. The molecule has 0 aromatic heterocycles. The van der Waals surface area contributed by atoms with Crippen molar-refractivity contribution >= 4 is 0 Å². The summed E-state index contributed by atoms with van der Waals surface area (Å²) < 4.78 is 6.69. The van der Waals surface area contributed by atoms with Crippen molar-refractivity contribution in [3.05, 3.63) is 16.1 Å². The molecule has 32 heavy (non-hydrogen) atoms. The van der Waals surface area contributed by atoms with E-state index in [-0.39, 0.29) is 17.8 Å². The third-order valence-corrected chi connectivity index (χ3v) is 10.8. The first-order valence-electron chi connectivity index (χ1n) is 13.5. The Morgan fingerprint density at radius 1 is 1.16 bits per heavy atom. The van der Waals surface area contributed by atoms with E-state index in [1.54, 1.807) is 5.57 Å². The SMILES string of the molecule is CNC12CCCC3C(=C(C)COC1CC(C)CN2)CC1C3CCC2CC(N=O)CCC21C. The van der Waals surface area contributed by atoms with E-state index in [2.05, 4.69) is 43.6 Å². The number of hydrogen-bond acceptors (Lipinski definition) is 5. The molecule has 2 N–H and O–H groups in total. The lowest BCUT2D eigenvalue weighted by atomic mass is 9.52. The third-order valence-electron chi connectivity index (χ3n) is 10.8. The second-order valence-corrected chi connectivity index (χ2v) is 12.3. The number of fused-ring (bicyclic) bond motifs is 6. The fraction of sp³-hybridized carbons (Fsp3) is 0.926. The van der Waals surface area contributed by atoms with Gasteiger partial charge in [0, 0.05) is 0 Å². The molecular formula is C27H45N3O2. The van der Waals surface area contributed by atoms with Gasteiger partial charge in [-0.05, 0) is 125 Å². The van der Waals surface area contributed by atoms with Crippen molar-refractivity contribution in [2.45, 2.75) is 103 Å². The summed E-state index contributed by atoms with van der Waals surface area (Å²) in [5, 5.41) is 11.0. The molecule has 5 heteroatoms. The summed E-state index contributed by atoms with van der Waals surface area (Å²) in [5.74, 6) is 3.68. The molecule has 5 nitrogen and oxygen atoms in total. The summed E-state index contributed by atoms with van der Waals surface area (Å²) in [6, 6.07) is 0.0667. The second-order valence-electron chi connectivity index (χ2n) is 12.3. The summed E-state index contributed by atoms with van der Waals surface area (Å²) in [7, 11) is 2.11. The topological polar surface area (TPSA) is 62.7 Å². The van der Waals surface area contributed by atoms with Gasteiger partial charge in [0.05, 0.1) is 24.4 Å². The zero-order valence-corrected chi connectivity index (χ0v) is 20.8. The standard InChI is InChI=1S/C27H45N3O2/c1-17-12-25-27(28-4,29-15-17)10-5-6-21-22-8-7-19-13-20(30-31)9-11-26(19,3)24(22)14-23(21)18(2)16-32-25/h17,19-22,24-25,28-29H,5-16H2,1-4H3. The first kappa shape index (κ1) is 23.0. The largest absolute Gasteiger partial charge is 0.371 e. The molecule has 2 heterocycles. The van der Waals surface area contributed by atoms with Gasteiger partial charge in [0.2, 0.25) is 0 Å². The molecule has 3 aliphatic carbocycles. The van der Waals surface area contributed by atoms with Crippen LogP contribution in [0, 0.1) is 39.9 Å². The van der Waals surface area contributed by atoms with Crippen LogP contribution in [-0.4, -0.2) is 38.0 Å².